The third kappa shape index (κ3) is 3.47. The van der Waals surface area contributed by atoms with Crippen molar-refractivity contribution in [3.05, 3.63) is 16.1 Å². The van der Waals surface area contributed by atoms with E-state index in [1.807, 2.05) is 20.8 Å². The molecule has 0 aromatic carbocycles. The zero-order valence-electron chi connectivity index (χ0n) is 13.2. The number of rotatable bonds is 3. The average Bonchev–Trinajstić information content (AvgIpc) is 2.88. The molecule has 0 atom stereocenters. The zero-order chi connectivity index (χ0) is 16.8. The van der Waals surface area contributed by atoms with Crippen LogP contribution in [0.25, 0.3) is 6.08 Å². The lowest BCUT2D eigenvalue weighted by Crippen LogP contribution is -2.57. The molecule has 1 aliphatic carbocycles. The minimum Gasteiger partial charge on any atom is -0.478 e. The second-order valence-corrected chi connectivity index (χ2v) is 7.56. The van der Waals surface area contributed by atoms with Gasteiger partial charge in [-0.15, -0.1) is 0 Å². The Hall–Kier alpha value is -2.09. The Bertz CT molecular complexity index is 683. The van der Waals surface area contributed by atoms with E-state index in [-0.39, 0.29) is 12.2 Å². The lowest BCUT2D eigenvalue weighted by molar-refractivity contribution is -0.132. The summed E-state index contributed by atoms with van der Waals surface area (Å²) in [5.41, 5.74) is 0.587. The maximum absolute atomic E-state index is 11.8. The Morgan fingerprint density at radius 1 is 1.39 bits per heavy atom. The maximum atomic E-state index is 11.8. The number of carbonyl (C=O) groups is 2. The normalized spacial score (nSPS) is 17.3. The van der Waals surface area contributed by atoms with E-state index in [4.69, 9.17) is 14.6 Å². The summed E-state index contributed by atoms with van der Waals surface area (Å²) in [7, 11) is 0. The van der Waals surface area contributed by atoms with Crippen molar-refractivity contribution in [2.75, 3.05) is 13.1 Å². The maximum Gasteiger partial charge on any atom is 0.410 e. The van der Waals surface area contributed by atoms with Crippen LogP contribution in [-0.2, 0) is 16.0 Å². The first-order chi connectivity index (χ1) is 10.7. The van der Waals surface area contributed by atoms with Gasteiger partial charge in [-0.25, -0.2) is 14.6 Å². The van der Waals surface area contributed by atoms with Crippen LogP contribution in [-0.4, -0.2) is 51.8 Å². The fraction of sp³-hybridized carbons (Fsp3) is 0.533. The summed E-state index contributed by atoms with van der Waals surface area (Å²) in [6, 6.07) is 0. The van der Waals surface area contributed by atoms with Crippen LogP contribution in [0.15, 0.2) is 5.57 Å². The van der Waals surface area contributed by atoms with E-state index < -0.39 is 11.6 Å². The largest absolute Gasteiger partial charge is 0.478 e. The predicted octanol–water partition coefficient (Wildman–Crippen LogP) is 2.17. The third-order valence-corrected chi connectivity index (χ3v) is 4.35. The fourth-order valence-electron chi connectivity index (χ4n) is 2.29. The molecule has 3 rings (SSSR count). The molecule has 7 nitrogen and oxygen atoms in total. The molecule has 0 saturated carbocycles. The van der Waals surface area contributed by atoms with Crippen LogP contribution in [0.5, 0.6) is 5.19 Å². The highest BCUT2D eigenvalue weighted by Crippen LogP contribution is 2.35. The van der Waals surface area contributed by atoms with Crippen molar-refractivity contribution in [2.24, 2.45) is 0 Å². The van der Waals surface area contributed by atoms with Crippen LogP contribution < -0.4 is 4.74 Å². The highest BCUT2D eigenvalue weighted by atomic mass is 32.1. The number of carboxylic acids is 1. The first-order valence-corrected chi connectivity index (χ1v) is 8.11. The molecule has 23 heavy (non-hydrogen) atoms. The number of ether oxygens (including phenoxy) is 2. The summed E-state index contributed by atoms with van der Waals surface area (Å²) in [4.78, 5) is 29.5. The monoisotopic (exact) mass is 338 g/mol. The van der Waals surface area contributed by atoms with Gasteiger partial charge in [-0.2, -0.15) is 0 Å². The number of hydrogen-bond donors (Lipinski definition) is 1. The van der Waals surface area contributed by atoms with Crippen LogP contribution in [0.1, 0.15) is 31.3 Å². The van der Waals surface area contributed by atoms with Crippen molar-refractivity contribution in [3.63, 3.8) is 0 Å². The smallest absolute Gasteiger partial charge is 0.410 e. The number of nitrogens with zero attached hydrogens (tertiary/aromatic N) is 2. The summed E-state index contributed by atoms with van der Waals surface area (Å²) in [6.07, 6.45) is 1.53. The van der Waals surface area contributed by atoms with Gasteiger partial charge in [-0.1, -0.05) is 11.3 Å². The first kappa shape index (κ1) is 15.8. The van der Waals surface area contributed by atoms with Crippen molar-refractivity contribution in [3.8, 4) is 5.19 Å². The first-order valence-electron chi connectivity index (χ1n) is 7.29. The van der Waals surface area contributed by atoms with E-state index in [0.717, 1.165) is 10.6 Å². The number of amides is 1. The molecule has 1 fully saturated rings. The number of aliphatic carboxylic acids is 1. The molecular formula is C15H18N2O5S. The fourth-order valence-corrected chi connectivity index (χ4v) is 3.25. The molecular weight excluding hydrogens is 320 g/mol. The molecule has 0 unspecified atom stereocenters. The van der Waals surface area contributed by atoms with E-state index in [9.17, 15) is 9.59 Å². The van der Waals surface area contributed by atoms with Gasteiger partial charge < -0.3 is 19.5 Å². The number of thiazole rings is 1. The molecule has 0 spiro atoms. The molecule has 1 amide bonds. The number of hydrogen-bond acceptors (Lipinski definition) is 6. The molecule has 1 aliphatic heterocycles. The van der Waals surface area contributed by atoms with Gasteiger partial charge in [0.15, 0.2) is 0 Å². The van der Waals surface area contributed by atoms with Gasteiger partial charge in [0, 0.05) is 12.0 Å². The molecule has 2 heterocycles. The Labute approximate surface area is 137 Å². The van der Waals surface area contributed by atoms with E-state index >= 15 is 0 Å². The van der Waals surface area contributed by atoms with Gasteiger partial charge in [0.1, 0.15) is 11.7 Å². The quantitative estimate of drug-likeness (QED) is 0.908. The Morgan fingerprint density at radius 3 is 2.65 bits per heavy atom. The standard InChI is InChI=1S/C15H18N2O5S/c1-15(2,3)22-14(20)17-6-9(7-17)21-13-16-10-4-8(12(18)19)5-11(10)23-13/h5,9H,4,6-7H2,1-3H3,(H,18,19). The number of carbonyl (C=O) groups excluding carboxylic acids is 1. The van der Waals surface area contributed by atoms with Gasteiger partial charge in [0.05, 0.1) is 23.7 Å². The van der Waals surface area contributed by atoms with E-state index in [0.29, 0.717) is 30.3 Å². The minimum absolute atomic E-state index is 0.100. The minimum atomic E-state index is -0.912. The van der Waals surface area contributed by atoms with Gasteiger partial charge in [-0.3, -0.25) is 0 Å². The van der Waals surface area contributed by atoms with E-state index in [1.165, 1.54) is 11.3 Å². The van der Waals surface area contributed by atoms with Crippen LogP contribution in [0.3, 0.4) is 0 Å². The van der Waals surface area contributed by atoms with Crippen molar-refractivity contribution in [1.82, 2.24) is 9.88 Å². The van der Waals surface area contributed by atoms with E-state index in [1.54, 1.807) is 11.0 Å². The molecule has 2 aliphatic rings. The van der Waals surface area contributed by atoms with Crippen molar-refractivity contribution in [1.29, 1.82) is 0 Å². The summed E-state index contributed by atoms with van der Waals surface area (Å²) < 4.78 is 11.0. The van der Waals surface area contributed by atoms with Crippen molar-refractivity contribution < 1.29 is 24.2 Å². The molecule has 1 saturated heterocycles. The number of carboxylic acid groups (broad SMARTS) is 1. The summed E-state index contributed by atoms with van der Waals surface area (Å²) in [5.74, 6) is -0.912. The van der Waals surface area contributed by atoms with Crippen molar-refractivity contribution >= 4 is 29.5 Å². The van der Waals surface area contributed by atoms with E-state index in [2.05, 4.69) is 4.98 Å². The van der Waals surface area contributed by atoms with Gasteiger partial charge in [-0.05, 0) is 26.8 Å². The SMILES string of the molecule is CC(C)(C)OC(=O)N1CC(Oc2nc3c(s2)C=C(C(=O)O)C3)C1. The highest BCUT2D eigenvalue weighted by molar-refractivity contribution is 7.14. The topological polar surface area (TPSA) is 89.0 Å². The summed E-state index contributed by atoms with van der Waals surface area (Å²) in [5, 5.41) is 9.47. The average molecular weight is 338 g/mol. The van der Waals surface area contributed by atoms with Crippen LogP contribution in [0.2, 0.25) is 0 Å². The molecule has 1 aromatic heterocycles. The number of aromatic nitrogens is 1. The van der Waals surface area contributed by atoms with Crippen LogP contribution >= 0.6 is 11.3 Å². The van der Waals surface area contributed by atoms with Crippen LogP contribution in [0.4, 0.5) is 4.79 Å². The second-order valence-electron chi connectivity index (χ2n) is 6.57. The lowest BCUT2D eigenvalue weighted by Gasteiger charge is -2.38. The molecule has 0 radical (unpaired) electrons. The molecule has 1 N–H and O–H groups in total. The highest BCUT2D eigenvalue weighted by Gasteiger charge is 2.36. The Morgan fingerprint density at radius 2 is 2.09 bits per heavy atom. The van der Waals surface area contributed by atoms with Gasteiger partial charge >= 0.3 is 12.1 Å². The molecule has 1 aromatic rings. The molecule has 0 bridgehead atoms. The number of fused-ring (bicyclic) bond motifs is 1. The lowest BCUT2D eigenvalue weighted by atomic mass is 10.2. The Balaban J connectivity index is 1.51. The summed E-state index contributed by atoms with van der Waals surface area (Å²) in [6.45, 7) is 6.42. The molecule has 8 heteroatoms. The van der Waals surface area contributed by atoms with Crippen LogP contribution in [0, 0.1) is 0 Å². The summed E-state index contributed by atoms with van der Waals surface area (Å²) >= 11 is 1.33. The second kappa shape index (κ2) is 5.52. The predicted molar refractivity (Wildman–Crippen MR) is 83.7 cm³/mol. The molecule has 124 valence electrons. The van der Waals surface area contributed by atoms with Gasteiger partial charge in [0.2, 0.25) is 0 Å². The Kier molecular flexibility index (Phi) is 3.79. The zero-order valence-corrected chi connectivity index (χ0v) is 14.0. The third-order valence-electron chi connectivity index (χ3n) is 3.41. The van der Waals surface area contributed by atoms with Gasteiger partial charge in [0.25, 0.3) is 5.19 Å². The van der Waals surface area contributed by atoms with Crippen molar-refractivity contribution in [2.45, 2.75) is 38.9 Å². The number of likely N-dealkylation sites (tertiary alicyclic amines) is 1.